The molecule has 0 spiro atoms. The zero-order valence-corrected chi connectivity index (χ0v) is 19.6. The molecule has 0 bridgehead atoms. The number of benzene rings is 3. The summed E-state index contributed by atoms with van der Waals surface area (Å²) in [5.74, 6) is 0.145. The van der Waals surface area contributed by atoms with E-state index in [1.54, 1.807) is 49.6 Å². The molecule has 2 N–H and O–H groups in total. The molecule has 0 radical (unpaired) electrons. The molecule has 3 rings (SSSR count). The van der Waals surface area contributed by atoms with Crippen molar-refractivity contribution < 1.29 is 27.4 Å². The SMILES string of the molecule is COCCOc1c(Cl)cccc1NC(=O)c1cccc(S(=O)(=O)Nc2ccccc2OC)c1. The third-order valence-corrected chi connectivity index (χ3v) is 6.17. The van der Waals surface area contributed by atoms with Gasteiger partial charge in [0.2, 0.25) is 0 Å². The molecular formula is C23H23ClN2O6S. The predicted molar refractivity (Wildman–Crippen MR) is 127 cm³/mol. The lowest BCUT2D eigenvalue weighted by atomic mass is 10.2. The number of amides is 1. The summed E-state index contributed by atoms with van der Waals surface area (Å²) in [6, 6.07) is 17.2. The minimum Gasteiger partial charge on any atom is -0.495 e. The number of rotatable bonds is 10. The summed E-state index contributed by atoms with van der Waals surface area (Å²) in [7, 11) is -0.985. The molecule has 8 nitrogen and oxygen atoms in total. The molecule has 0 aliphatic rings. The molecule has 0 fully saturated rings. The van der Waals surface area contributed by atoms with Crippen LogP contribution in [0.2, 0.25) is 5.02 Å². The van der Waals surface area contributed by atoms with Gasteiger partial charge in [-0.25, -0.2) is 8.42 Å². The predicted octanol–water partition coefficient (Wildman–Crippen LogP) is 4.43. The van der Waals surface area contributed by atoms with Crippen molar-refractivity contribution in [3.63, 3.8) is 0 Å². The van der Waals surface area contributed by atoms with Crippen LogP contribution in [-0.2, 0) is 14.8 Å². The van der Waals surface area contributed by atoms with E-state index >= 15 is 0 Å². The molecule has 0 saturated carbocycles. The molecule has 0 aliphatic carbocycles. The number of para-hydroxylation sites is 3. The highest BCUT2D eigenvalue weighted by Gasteiger charge is 2.19. The Morgan fingerprint density at radius 2 is 1.67 bits per heavy atom. The normalized spacial score (nSPS) is 11.0. The molecule has 0 unspecified atom stereocenters. The average Bonchev–Trinajstić information content (AvgIpc) is 2.81. The average molecular weight is 491 g/mol. The fraction of sp³-hybridized carbons (Fsp3) is 0.174. The Bertz CT molecular complexity index is 1230. The lowest BCUT2D eigenvalue weighted by Crippen LogP contribution is -2.17. The number of methoxy groups -OCH3 is 2. The van der Waals surface area contributed by atoms with E-state index in [1.807, 2.05) is 0 Å². The first kappa shape index (κ1) is 24.4. The Morgan fingerprint density at radius 3 is 2.42 bits per heavy atom. The van der Waals surface area contributed by atoms with Crippen LogP contribution >= 0.6 is 11.6 Å². The topological polar surface area (TPSA) is 103 Å². The van der Waals surface area contributed by atoms with Gasteiger partial charge in [0.25, 0.3) is 15.9 Å². The minimum absolute atomic E-state index is 0.0799. The molecule has 33 heavy (non-hydrogen) atoms. The van der Waals surface area contributed by atoms with Crippen LogP contribution in [0.4, 0.5) is 11.4 Å². The summed E-state index contributed by atoms with van der Waals surface area (Å²) >= 11 is 6.21. The van der Waals surface area contributed by atoms with Gasteiger partial charge in [-0.2, -0.15) is 0 Å². The number of hydrogen-bond acceptors (Lipinski definition) is 6. The van der Waals surface area contributed by atoms with Crippen LogP contribution in [-0.4, -0.2) is 41.8 Å². The van der Waals surface area contributed by atoms with E-state index in [9.17, 15) is 13.2 Å². The third kappa shape index (κ3) is 6.16. The summed E-state index contributed by atoms with van der Waals surface area (Å²) in [6.07, 6.45) is 0. The number of ether oxygens (including phenoxy) is 3. The fourth-order valence-electron chi connectivity index (χ4n) is 2.91. The van der Waals surface area contributed by atoms with E-state index in [0.717, 1.165) is 0 Å². The standard InChI is InChI=1S/C23H23ClN2O6S/c1-30-13-14-32-22-18(24)9-6-11-20(22)25-23(27)16-7-5-8-17(15-16)33(28,29)26-19-10-3-4-12-21(19)31-2/h3-12,15,26H,13-14H2,1-2H3,(H,25,27). The molecule has 0 aliphatic heterocycles. The number of sulfonamides is 1. The Morgan fingerprint density at radius 1 is 0.939 bits per heavy atom. The van der Waals surface area contributed by atoms with Gasteiger partial charge in [0.15, 0.2) is 5.75 Å². The number of carbonyl (C=O) groups excluding carboxylic acids is 1. The van der Waals surface area contributed by atoms with E-state index in [0.29, 0.717) is 28.8 Å². The van der Waals surface area contributed by atoms with E-state index < -0.39 is 15.9 Å². The van der Waals surface area contributed by atoms with Crippen LogP contribution in [0.5, 0.6) is 11.5 Å². The number of carbonyl (C=O) groups is 1. The summed E-state index contributed by atoms with van der Waals surface area (Å²) in [6.45, 7) is 0.586. The maximum Gasteiger partial charge on any atom is 0.262 e. The Labute approximate surface area is 197 Å². The second-order valence-corrected chi connectivity index (χ2v) is 8.84. The van der Waals surface area contributed by atoms with Gasteiger partial charge in [0.1, 0.15) is 12.4 Å². The smallest absolute Gasteiger partial charge is 0.262 e. The fourth-order valence-corrected chi connectivity index (χ4v) is 4.26. The monoisotopic (exact) mass is 490 g/mol. The summed E-state index contributed by atoms with van der Waals surface area (Å²) in [4.78, 5) is 12.8. The second kappa shape index (κ2) is 11.0. The van der Waals surface area contributed by atoms with Crippen molar-refractivity contribution >= 4 is 38.9 Å². The van der Waals surface area contributed by atoms with Crippen molar-refractivity contribution in [3.8, 4) is 11.5 Å². The first-order chi connectivity index (χ1) is 15.9. The van der Waals surface area contributed by atoms with Crippen LogP contribution in [0.3, 0.4) is 0 Å². The maximum atomic E-state index is 12.9. The van der Waals surface area contributed by atoms with E-state index in [2.05, 4.69) is 10.0 Å². The molecule has 0 saturated heterocycles. The first-order valence-corrected chi connectivity index (χ1v) is 11.7. The van der Waals surface area contributed by atoms with E-state index in [4.69, 9.17) is 25.8 Å². The largest absolute Gasteiger partial charge is 0.495 e. The highest BCUT2D eigenvalue weighted by Crippen LogP contribution is 2.33. The van der Waals surface area contributed by atoms with Gasteiger partial charge in [0, 0.05) is 12.7 Å². The van der Waals surface area contributed by atoms with Crippen molar-refractivity contribution in [1.82, 2.24) is 0 Å². The van der Waals surface area contributed by atoms with Gasteiger partial charge < -0.3 is 19.5 Å². The molecule has 0 aromatic heterocycles. The van der Waals surface area contributed by atoms with Crippen LogP contribution in [0.1, 0.15) is 10.4 Å². The van der Waals surface area contributed by atoms with Crippen molar-refractivity contribution in [2.75, 3.05) is 37.5 Å². The molecule has 3 aromatic carbocycles. The van der Waals surface area contributed by atoms with Crippen LogP contribution < -0.4 is 19.5 Å². The molecule has 3 aromatic rings. The molecule has 0 atom stereocenters. The Kier molecular flexibility index (Phi) is 8.16. The van der Waals surface area contributed by atoms with Gasteiger partial charge in [0.05, 0.1) is 35.0 Å². The lowest BCUT2D eigenvalue weighted by molar-refractivity contribution is 0.102. The highest BCUT2D eigenvalue weighted by atomic mass is 35.5. The summed E-state index contributed by atoms with van der Waals surface area (Å²) in [5, 5.41) is 3.04. The van der Waals surface area contributed by atoms with Gasteiger partial charge in [-0.1, -0.05) is 35.9 Å². The maximum absolute atomic E-state index is 12.9. The van der Waals surface area contributed by atoms with Gasteiger partial charge in [-0.15, -0.1) is 0 Å². The van der Waals surface area contributed by atoms with Crippen LogP contribution in [0.25, 0.3) is 0 Å². The van der Waals surface area contributed by atoms with E-state index in [-0.39, 0.29) is 22.8 Å². The quantitative estimate of drug-likeness (QED) is 0.408. The third-order valence-electron chi connectivity index (χ3n) is 4.51. The van der Waals surface area contributed by atoms with E-state index in [1.165, 1.54) is 31.4 Å². The number of nitrogens with one attached hydrogen (secondary N) is 2. The molecule has 174 valence electrons. The number of anilines is 2. The highest BCUT2D eigenvalue weighted by molar-refractivity contribution is 7.92. The first-order valence-electron chi connectivity index (χ1n) is 9.83. The van der Waals surface area contributed by atoms with Crippen LogP contribution in [0, 0.1) is 0 Å². The summed E-state index contributed by atoms with van der Waals surface area (Å²) < 4.78 is 44.1. The molecule has 0 heterocycles. The molecule has 1 amide bonds. The summed E-state index contributed by atoms with van der Waals surface area (Å²) in [5.41, 5.74) is 0.774. The van der Waals surface area contributed by atoms with Gasteiger partial charge in [-0.05, 0) is 42.5 Å². The van der Waals surface area contributed by atoms with Crippen molar-refractivity contribution in [1.29, 1.82) is 0 Å². The Balaban J connectivity index is 1.82. The van der Waals surface area contributed by atoms with Crippen molar-refractivity contribution in [2.24, 2.45) is 0 Å². The number of hydrogen-bond donors (Lipinski definition) is 2. The lowest BCUT2D eigenvalue weighted by Gasteiger charge is -2.14. The minimum atomic E-state index is -3.97. The van der Waals surface area contributed by atoms with Crippen molar-refractivity contribution in [2.45, 2.75) is 4.90 Å². The Hall–Kier alpha value is -3.27. The number of halogens is 1. The zero-order valence-electron chi connectivity index (χ0n) is 18.0. The second-order valence-electron chi connectivity index (χ2n) is 6.75. The molecule has 10 heteroatoms. The van der Waals surface area contributed by atoms with Crippen molar-refractivity contribution in [3.05, 3.63) is 77.3 Å². The zero-order chi connectivity index (χ0) is 23.8. The van der Waals surface area contributed by atoms with Crippen LogP contribution in [0.15, 0.2) is 71.6 Å². The van der Waals surface area contributed by atoms with Gasteiger partial charge in [-0.3, -0.25) is 9.52 Å². The van der Waals surface area contributed by atoms with Gasteiger partial charge >= 0.3 is 0 Å². The molecular weight excluding hydrogens is 468 g/mol.